The summed E-state index contributed by atoms with van der Waals surface area (Å²) in [7, 11) is -1.34. The molecule has 0 saturated heterocycles. The van der Waals surface area contributed by atoms with E-state index < -0.39 is 10.8 Å². The van der Waals surface area contributed by atoms with Gasteiger partial charge in [-0.2, -0.15) is 18.2 Å². The van der Waals surface area contributed by atoms with Crippen molar-refractivity contribution in [3.8, 4) is 17.3 Å². The molecule has 6 heteroatoms. The molecule has 39 heavy (non-hydrogen) atoms. The molecule has 0 radical (unpaired) electrons. The van der Waals surface area contributed by atoms with Crippen molar-refractivity contribution in [3.05, 3.63) is 121 Å². The van der Waals surface area contributed by atoms with E-state index in [1.165, 1.54) is 5.56 Å². The molecule has 1 unspecified atom stereocenters. The molecule has 2 heterocycles. The Labute approximate surface area is 245 Å². The largest absolute Gasteiger partial charge is 2.00 e. The monoisotopic (exact) mass is 709 g/mol. The Morgan fingerprint density at radius 2 is 1.54 bits per heavy atom. The van der Waals surface area contributed by atoms with Crippen LogP contribution in [0.15, 0.2) is 113 Å². The third-order valence-electron chi connectivity index (χ3n) is 6.52. The molecule has 0 aliphatic carbocycles. The third-order valence-corrected chi connectivity index (χ3v) is 7.85. The van der Waals surface area contributed by atoms with E-state index in [2.05, 4.69) is 67.8 Å². The van der Waals surface area contributed by atoms with Gasteiger partial charge in [-0.05, 0) is 46.7 Å². The summed E-state index contributed by atoms with van der Waals surface area (Å²) in [5, 5.41) is 2.19. The molecule has 6 aromatic rings. The van der Waals surface area contributed by atoms with Gasteiger partial charge in [-0.25, -0.2) is 4.98 Å². The molecular weight excluding hydrogens is 684 g/mol. The second-order valence-electron chi connectivity index (χ2n) is 10.2. The molecule has 0 bridgehead atoms. The van der Waals surface area contributed by atoms with Crippen LogP contribution >= 0.6 is 0 Å². The zero-order valence-electron chi connectivity index (χ0n) is 21.8. The Morgan fingerprint density at radius 3 is 2.33 bits per heavy atom. The smallest absolute Gasteiger partial charge is 0.509 e. The van der Waals surface area contributed by atoms with Crippen LogP contribution in [0.5, 0.6) is 11.5 Å². The fourth-order valence-corrected chi connectivity index (χ4v) is 5.62. The Bertz CT molecular complexity index is 1810. The number of hydrogen-bond donors (Lipinski definition) is 0. The van der Waals surface area contributed by atoms with Crippen molar-refractivity contribution >= 4 is 32.6 Å². The SMILES string of the molecule is CC(C)(C)c1ccnc(-n2c3[c-]c(Oc4[c-]c(S(=O)c5ccccc5)ccc4)ccc3c3ccccc32)c1.[Pt+2]. The van der Waals surface area contributed by atoms with Gasteiger partial charge in [-0.1, -0.05) is 67.6 Å². The standard InChI is InChI=1S/C33H26N2O2S.Pt/c1-33(2,3)23-18-19-34-32(20-23)35-30-15-8-7-14-28(30)29-17-16-25(22-31(29)35)37-24-10-9-13-27(21-24)38(36)26-11-5-4-6-12-26;/h4-20H,1-3H3;/q-2;+2. The number of hydrogen-bond acceptors (Lipinski definition) is 3. The number of aromatic nitrogens is 2. The van der Waals surface area contributed by atoms with Gasteiger partial charge in [-0.3, -0.25) is 4.21 Å². The van der Waals surface area contributed by atoms with Crippen LogP contribution in [0.1, 0.15) is 26.3 Å². The molecule has 0 fully saturated rings. The number of rotatable bonds is 5. The van der Waals surface area contributed by atoms with E-state index in [0.717, 1.165) is 32.5 Å². The molecule has 0 aliphatic heterocycles. The van der Waals surface area contributed by atoms with Gasteiger partial charge < -0.3 is 9.30 Å². The van der Waals surface area contributed by atoms with Crippen LogP contribution in [0.2, 0.25) is 0 Å². The summed E-state index contributed by atoms with van der Waals surface area (Å²) in [5.74, 6) is 1.87. The van der Waals surface area contributed by atoms with Gasteiger partial charge in [0, 0.05) is 28.1 Å². The third kappa shape index (κ3) is 5.34. The molecule has 0 spiro atoms. The zero-order chi connectivity index (χ0) is 26.3. The fraction of sp³-hybridized carbons (Fsp3) is 0.121. The second kappa shape index (κ2) is 10.9. The number of ether oxygens (including phenoxy) is 1. The topological polar surface area (TPSA) is 44.1 Å². The minimum Gasteiger partial charge on any atom is -0.509 e. The van der Waals surface area contributed by atoms with Crippen molar-refractivity contribution in [3.63, 3.8) is 0 Å². The van der Waals surface area contributed by atoms with Crippen LogP contribution < -0.4 is 4.74 Å². The fourth-order valence-electron chi connectivity index (χ4n) is 4.56. The van der Waals surface area contributed by atoms with Gasteiger partial charge >= 0.3 is 21.1 Å². The van der Waals surface area contributed by atoms with E-state index in [0.29, 0.717) is 16.4 Å². The maximum Gasteiger partial charge on any atom is 2.00 e. The molecule has 0 saturated carbocycles. The van der Waals surface area contributed by atoms with E-state index in [4.69, 9.17) is 9.72 Å². The average Bonchev–Trinajstić information content (AvgIpc) is 3.26. The first-order valence-corrected chi connectivity index (χ1v) is 13.6. The summed E-state index contributed by atoms with van der Waals surface area (Å²) >= 11 is 0. The molecule has 1 atom stereocenters. The molecular formula is C33H26N2O2PtS. The van der Waals surface area contributed by atoms with Crippen molar-refractivity contribution in [2.45, 2.75) is 36.0 Å². The number of pyridine rings is 1. The number of para-hydroxylation sites is 1. The van der Waals surface area contributed by atoms with Crippen LogP contribution in [0.3, 0.4) is 0 Å². The summed E-state index contributed by atoms with van der Waals surface area (Å²) in [6, 6.07) is 37.9. The van der Waals surface area contributed by atoms with Crippen LogP contribution in [-0.4, -0.2) is 13.8 Å². The van der Waals surface area contributed by atoms with E-state index in [1.807, 2.05) is 66.9 Å². The van der Waals surface area contributed by atoms with Crippen LogP contribution in [0.4, 0.5) is 0 Å². The van der Waals surface area contributed by atoms with Crippen molar-refractivity contribution < 1.29 is 30.0 Å². The number of nitrogens with zero attached hydrogens (tertiary/aromatic N) is 2. The Kier molecular flexibility index (Phi) is 7.57. The molecule has 196 valence electrons. The first-order valence-electron chi connectivity index (χ1n) is 12.5. The summed E-state index contributed by atoms with van der Waals surface area (Å²) in [6.45, 7) is 6.60. The Balaban J connectivity index is 0.00000308. The predicted molar refractivity (Wildman–Crippen MR) is 153 cm³/mol. The quantitative estimate of drug-likeness (QED) is 0.170. The van der Waals surface area contributed by atoms with Crippen LogP contribution in [0, 0.1) is 12.1 Å². The predicted octanol–water partition coefficient (Wildman–Crippen LogP) is 8.03. The molecule has 6 rings (SSSR count). The second-order valence-corrected chi connectivity index (χ2v) is 11.6. The molecule has 4 nitrogen and oxygen atoms in total. The van der Waals surface area contributed by atoms with Crippen molar-refractivity contribution in [2.75, 3.05) is 0 Å². The van der Waals surface area contributed by atoms with Crippen LogP contribution in [-0.2, 0) is 37.3 Å². The van der Waals surface area contributed by atoms with Gasteiger partial charge in [0.25, 0.3) is 0 Å². The maximum atomic E-state index is 13.0. The Hall–Kier alpha value is -3.53. The first-order chi connectivity index (χ1) is 18.4. The maximum absolute atomic E-state index is 13.0. The molecule has 4 aromatic carbocycles. The van der Waals surface area contributed by atoms with Crippen LogP contribution in [0.25, 0.3) is 27.6 Å². The first kappa shape index (κ1) is 27.1. The number of benzene rings is 4. The van der Waals surface area contributed by atoms with E-state index >= 15 is 0 Å². The van der Waals surface area contributed by atoms with Gasteiger partial charge in [0.05, 0.1) is 10.8 Å². The van der Waals surface area contributed by atoms with Crippen molar-refractivity contribution in [1.29, 1.82) is 0 Å². The van der Waals surface area contributed by atoms with E-state index in [1.54, 1.807) is 6.07 Å². The van der Waals surface area contributed by atoms with Gasteiger partial charge in [-0.15, -0.1) is 29.7 Å². The summed E-state index contributed by atoms with van der Waals surface area (Å²) in [5.41, 5.74) is 3.14. The molecule has 2 aromatic heterocycles. The number of fused-ring (bicyclic) bond motifs is 3. The summed E-state index contributed by atoms with van der Waals surface area (Å²) in [4.78, 5) is 6.02. The minimum absolute atomic E-state index is 0. The van der Waals surface area contributed by atoms with Crippen molar-refractivity contribution in [2.24, 2.45) is 0 Å². The average molecular weight is 710 g/mol. The van der Waals surface area contributed by atoms with Crippen molar-refractivity contribution in [1.82, 2.24) is 9.55 Å². The zero-order valence-corrected chi connectivity index (χ0v) is 24.8. The summed E-state index contributed by atoms with van der Waals surface area (Å²) in [6.07, 6.45) is 1.87. The normalized spacial score (nSPS) is 12.3. The molecule has 0 N–H and O–H groups in total. The molecule has 0 amide bonds. The molecule has 0 aliphatic rings. The minimum atomic E-state index is -1.34. The van der Waals surface area contributed by atoms with E-state index in [9.17, 15) is 4.21 Å². The Morgan fingerprint density at radius 1 is 0.795 bits per heavy atom. The van der Waals surface area contributed by atoms with Gasteiger partial charge in [0.15, 0.2) is 0 Å². The summed E-state index contributed by atoms with van der Waals surface area (Å²) < 4.78 is 21.4. The van der Waals surface area contributed by atoms with Gasteiger partial charge in [0.2, 0.25) is 0 Å². The van der Waals surface area contributed by atoms with Gasteiger partial charge in [0.1, 0.15) is 5.82 Å². The van der Waals surface area contributed by atoms with E-state index in [-0.39, 0.29) is 26.5 Å².